The molecule has 25 heavy (non-hydrogen) atoms. The topological polar surface area (TPSA) is 72.9 Å². The molecule has 0 aliphatic heterocycles. The van der Waals surface area contributed by atoms with E-state index in [4.69, 9.17) is 5.73 Å². The van der Waals surface area contributed by atoms with Crippen molar-refractivity contribution < 1.29 is 9.18 Å². The molecule has 0 radical (unpaired) electrons. The third kappa shape index (κ3) is 4.03. The lowest BCUT2D eigenvalue weighted by atomic mass is 10.2. The van der Waals surface area contributed by atoms with Gasteiger partial charge in [-0.15, -0.1) is 0 Å². The minimum Gasteiger partial charge on any atom is -0.384 e. The molecule has 3 rings (SSSR count). The third-order valence-corrected chi connectivity index (χ3v) is 3.80. The van der Waals surface area contributed by atoms with Gasteiger partial charge in [-0.3, -0.25) is 4.79 Å². The number of nitrogen functional groups attached to an aromatic ring is 1. The van der Waals surface area contributed by atoms with Crippen LogP contribution in [0.4, 0.5) is 10.2 Å². The van der Waals surface area contributed by atoms with Crippen molar-refractivity contribution in [2.24, 2.45) is 0 Å². The lowest BCUT2D eigenvalue weighted by Gasteiger charge is -2.05. The van der Waals surface area contributed by atoms with E-state index in [0.717, 1.165) is 11.4 Å². The van der Waals surface area contributed by atoms with E-state index in [0.29, 0.717) is 25.2 Å². The molecule has 0 saturated carbocycles. The van der Waals surface area contributed by atoms with Crippen LogP contribution in [0, 0.1) is 5.82 Å². The first-order valence-electron chi connectivity index (χ1n) is 8.08. The Kier molecular flexibility index (Phi) is 5.09. The van der Waals surface area contributed by atoms with Gasteiger partial charge in [-0.25, -0.2) is 9.07 Å². The van der Waals surface area contributed by atoms with Crippen LogP contribution in [0.2, 0.25) is 0 Å². The highest BCUT2D eigenvalue weighted by molar-refractivity contribution is 5.94. The second-order valence-electron chi connectivity index (χ2n) is 5.65. The second kappa shape index (κ2) is 7.61. The number of nitrogens with zero attached hydrogens (tertiary/aromatic N) is 2. The number of aromatic nitrogens is 2. The van der Waals surface area contributed by atoms with E-state index in [9.17, 15) is 9.18 Å². The second-order valence-corrected chi connectivity index (χ2v) is 5.65. The fourth-order valence-corrected chi connectivity index (χ4v) is 2.56. The van der Waals surface area contributed by atoms with Crippen LogP contribution in [0.5, 0.6) is 0 Å². The number of hydrogen-bond acceptors (Lipinski definition) is 3. The van der Waals surface area contributed by atoms with Gasteiger partial charge in [-0.2, -0.15) is 5.10 Å². The monoisotopic (exact) mass is 338 g/mol. The van der Waals surface area contributed by atoms with E-state index in [1.807, 2.05) is 36.4 Å². The molecule has 128 valence electrons. The summed E-state index contributed by atoms with van der Waals surface area (Å²) in [5, 5.41) is 7.21. The van der Waals surface area contributed by atoms with Crippen LogP contribution in [0.25, 0.3) is 5.69 Å². The number of anilines is 1. The fourth-order valence-electron chi connectivity index (χ4n) is 2.56. The zero-order chi connectivity index (χ0) is 17.6. The average molecular weight is 338 g/mol. The summed E-state index contributed by atoms with van der Waals surface area (Å²) in [4.78, 5) is 11.9. The van der Waals surface area contributed by atoms with E-state index >= 15 is 0 Å². The van der Waals surface area contributed by atoms with Gasteiger partial charge in [0, 0.05) is 12.6 Å². The van der Waals surface area contributed by atoms with Crippen LogP contribution < -0.4 is 11.1 Å². The van der Waals surface area contributed by atoms with Crippen molar-refractivity contribution in [3.63, 3.8) is 0 Å². The molecule has 0 aliphatic rings. The number of carbonyl (C=O) groups is 1. The summed E-state index contributed by atoms with van der Waals surface area (Å²) < 4.78 is 15.2. The number of carbonyl (C=O) groups excluding carboxylic acids is 1. The summed E-state index contributed by atoms with van der Waals surface area (Å²) in [7, 11) is 0. The van der Waals surface area contributed by atoms with Gasteiger partial charge in [0.15, 0.2) is 0 Å². The quantitative estimate of drug-likeness (QED) is 0.679. The number of nitrogens with one attached hydrogen (secondary N) is 1. The van der Waals surface area contributed by atoms with E-state index in [1.165, 1.54) is 12.1 Å². The zero-order valence-corrected chi connectivity index (χ0v) is 13.7. The minimum atomic E-state index is -0.519. The maximum atomic E-state index is 13.5. The maximum Gasteiger partial charge on any atom is 0.254 e. The van der Waals surface area contributed by atoms with Crippen molar-refractivity contribution in [3.8, 4) is 5.69 Å². The lowest BCUT2D eigenvalue weighted by Crippen LogP contribution is -2.25. The molecule has 0 spiro atoms. The Morgan fingerprint density at radius 1 is 1.12 bits per heavy atom. The highest BCUT2D eigenvalue weighted by atomic mass is 19.1. The van der Waals surface area contributed by atoms with Crippen LogP contribution >= 0.6 is 0 Å². The van der Waals surface area contributed by atoms with Crippen LogP contribution in [0.3, 0.4) is 0 Å². The molecule has 5 nitrogen and oxygen atoms in total. The number of halogens is 1. The lowest BCUT2D eigenvalue weighted by molar-refractivity contribution is 0.0949. The van der Waals surface area contributed by atoms with E-state index in [-0.39, 0.29) is 5.56 Å². The Morgan fingerprint density at radius 3 is 2.60 bits per heavy atom. The summed E-state index contributed by atoms with van der Waals surface area (Å²) >= 11 is 0. The number of hydrogen-bond donors (Lipinski definition) is 2. The molecule has 1 amide bonds. The van der Waals surface area contributed by atoms with Gasteiger partial charge in [0.05, 0.1) is 16.9 Å². The molecule has 0 unspecified atom stereocenters. The number of nitrogens with two attached hydrogens (primary N) is 1. The van der Waals surface area contributed by atoms with Crippen molar-refractivity contribution in [1.82, 2.24) is 15.1 Å². The highest BCUT2D eigenvalue weighted by Crippen LogP contribution is 2.15. The third-order valence-electron chi connectivity index (χ3n) is 3.80. The highest BCUT2D eigenvalue weighted by Gasteiger charge is 2.10. The van der Waals surface area contributed by atoms with Gasteiger partial charge in [0.1, 0.15) is 11.6 Å². The standard InChI is InChI=1S/C19H19FN4O/c20-17-11-5-4-10-16(17)19(25)22-12-6-7-14-13-18(21)24(23-14)15-8-2-1-3-9-15/h1-5,8-11,13H,6-7,12,21H2,(H,22,25). The number of para-hydroxylation sites is 1. The van der Waals surface area contributed by atoms with Crippen molar-refractivity contribution in [2.45, 2.75) is 12.8 Å². The molecule has 0 fully saturated rings. The van der Waals surface area contributed by atoms with Gasteiger partial charge in [0.25, 0.3) is 5.91 Å². The first kappa shape index (κ1) is 16.7. The van der Waals surface area contributed by atoms with E-state index in [2.05, 4.69) is 10.4 Å². The van der Waals surface area contributed by atoms with Crippen molar-refractivity contribution in [2.75, 3.05) is 12.3 Å². The van der Waals surface area contributed by atoms with Crippen molar-refractivity contribution >= 4 is 11.7 Å². The van der Waals surface area contributed by atoms with Crippen LogP contribution in [-0.2, 0) is 6.42 Å². The molecule has 2 aromatic carbocycles. The molecule has 0 aliphatic carbocycles. The Hall–Kier alpha value is -3.15. The summed E-state index contributed by atoms with van der Waals surface area (Å²) in [6.45, 7) is 0.436. The van der Waals surface area contributed by atoms with Crippen LogP contribution in [0.1, 0.15) is 22.5 Å². The molecule has 1 heterocycles. The Bertz CT molecular complexity index is 861. The maximum absolute atomic E-state index is 13.5. The molecule has 3 N–H and O–H groups in total. The smallest absolute Gasteiger partial charge is 0.254 e. The SMILES string of the molecule is Nc1cc(CCCNC(=O)c2ccccc2F)nn1-c1ccccc1. The largest absolute Gasteiger partial charge is 0.384 e. The summed E-state index contributed by atoms with van der Waals surface area (Å²) in [6.07, 6.45) is 1.35. The van der Waals surface area contributed by atoms with Gasteiger partial charge in [-0.05, 0) is 37.1 Å². The van der Waals surface area contributed by atoms with Crippen molar-refractivity contribution in [3.05, 3.63) is 77.7 Å². The Morgan fingerprint density at radius 2 is 1.84 bits per heavy atom. The molecule has 3 aromatic rings. The van der Waals surface area contributed by atoms with Gasteiger partial charge in [-0.1, -0.05) is 30.3 Å². The number of rotatable bonds is 6. The van der Waals surface area contributed by atoms with Gasteiger partial charge >= 0.3 is 0 Å². The van der Waals surface area contributed by atoms with Crippen LogP contribution in [-0.4, -0.2) is 22.2 Å². The number of benzene rings is 2. The molecule has 6 heteroatoms. The Labute approximate surface area is 145 Å². The van der Waals surface area contributed by atoms with Gasteiger partial charge in [0.2, 0.25) is 0 Å². The van der Waals surface area contributed by atoms with E-state index < -0.39 is 11.7 Å². The predicted octanol–water partition coefficient (Wildman–Crippen LogP) is 2.96. The summed E-state index contributed by atoms with van der Waals surface area (Å²) in [6, 6.07) is 17.4. The minimum absolute atomic E-state index is 0.0556. The van der Waals surface area contributed by atoms with Crippen molar-refractivity contribution in [1.29, 1.82) is 0 Å². The molecule has 0 saturated heterocycles. The fraction of sp³-hybridized carbons (Fsp3) is 0.158. The number of aryl methyl sites for hydroxylation is 1. The zero-order valence-electron chi connectivity index (χ0n) is 13.7. The predicted molar refractivity (Wildman–Crippen MR) is 95.0 cm³/mol. The molecule has 1 aromatic heterocycles. The van der Waals surface area contributed by atoms with E-state index in [1.54, 1.807) is 16.8 Å². The molecule has 0 bridgehead atoms. The molecule has 0 atom stereocenters. The average Bonchev–Trinajstić information content (AvgIpc) is 3.00. The first-order valence-corrected chi connectivity index (χ1v) is 8.08. The Balaban J connectivity index is 1.53. The number of amides is 1. The van der Waals surface area contributed by atoms with Gasteiger partial charge < -0.3 is 11.1 Å². The molecular formula is C19H19FN4O. The normalized spacial score (nSPS) is 10.6. The summed E-state index contributed by atoms with van der Waals surface area (Å²) in [5.74, 6) is -0.363. The van der Waals surface area contributed by atoms with Crippen LogP contribution in [0.15, 0.2) is 60.7 Å². The molecular weight excluding hydrogens is 319 g/mol. The first-order chi connectivity index (χ1) is 12.1. The summed E-state index contributed by atoms with van der Waals surface area (Å²) in [5.41, 5.74) is 7.81.